The van der Waals surface area contributed by atoms with Crippen LogP contribution in [0.25, 0.3) is 0 Å². The minimum absolute atomic E-state index is 0.0231. The van der Waals surface area contributed by atoms with Gasteiger partial charge >= 0.3 is 7.32 Å². The second-order valence-corrected chi connectivity index (χ2v) is 5.35. The third-order valence-corrected chi connectivity index (χ3v) is 3.79. The van der Waals surface area contributed by atoms with Crippen LogP contribution in [0.5, 0.6) is 11.5 Å². The third kappa shape index (κ3) is 3.25. The van der Waals surface area contributed by atoms with Gasteiger partial charge in [-0.25, -0.2) is 0 Å². The molecule has 0 saturated carbocycles. The normalized spacial score (nSPS) is 20.0. The van der Waals surface area contributed by atoms with Gasteiger partial charge in [-0.1, -0.05) is 30.3 Å². The lowest BCUT2D eigenvalue weighted by Crippen LogP contribution is -2.28. The van der Waals surface area contributed by atoms with Crippen LogP contribution in [0.2, 0.25) is 0 Å². The van der Waals surface area contributed by atoms with Gasteiger partial charge in [-0.2, -0.15) is 0 Å². The molecule has 1 aliphatic rings. The van der Waals surface area contributed by atoms with Gasteiger partial charge in [0.2, 0.25) is 0 Å². The van der Waals surface area contributed by atoms with E-state index < -0.39 is 13.4 Å². The van der Waals surface area contributed by atoms with Crippen LogP contribution < -0.4 is 9.39 Å². The molecule has 114 valence electrons. The number of hydrogen-bond donors (Lipinski definition) is 3. The van der Waals surface area contributed by atoms with Crippen LogP contribution in [0, 0.1) is 5.92 Å². The molecule has 3 rings (SSSR count). The molecule has 1 aliphatic heterocycles. The van der Waals surface area contributed by atoms with Gasteiger partial charge in [0.15, 0.2) is 0 Å². The summed E-state index contributed by atoms with van der Waals surface area (Å²) in [5.74, 6) is 0.766. The van der Waals surface area contributed by atoms with E-state index in [4.69, 9.17) is 19.4 Å². The number of rotatable bonds is 4. The summed E-state index contributed by atoms with van der Waals surface area (Å²) in [6, 6.07) is 14.8. The van der Waals surface area contributed by atoms with E-state index in [0.717, 1.165) is 12.0 Å². The Morgan fingerprint density at radius 1 is 1.14 bits per heavy atom. The van der Waals surface area contributed by atoms with E-state index in [2.05, 4.69) is 0 Å². The predicted molar refractivity (Wildman–Crippen MR) is 81.4 cm³/mol. The summed E-state index contributed by atoms with van der Waals surface area (Å²) < 4.78 is 10.5. The van der Waals surface area contributed by atoms with E-state index in [1.807, 2.05) is 30.3 Å². The van der Waals surface area contributed by atoms with Crippen molar-refractivity contribution in [3.05, 3.63) is 59.7 Å². The van der Waals surface area contributed by atoms with Gasteiger partial charge in [0.05, 0.1) is 12.7 Å². The predicted octanol–water partition coefficient (Wildman–Crippen LogP) is 1.32. The van der Waals surface area contributed by atoms with Crippen LogP contribution in [0.15, 0.2) is 48.5 Å². The molecular weight excluding hydrogens is 283 g/mol. The minimum atomic E-state index is -1.88. The monoisotopic (exact) mass is 300 g/mol. The van der Waals surface area contributed by atoms with Crippen LogP contribution in [-0.4, -0.2) is 29.1 Å². The molecule has 0 amide bonds. The highest BCUT2D eigenvalue weighted by Crippen LogP contribution is 2.38. The number of aliphatic hydroxyl groups is 1. The summed E-state index contributed by atoms with van der Waals surface area (Å²) in [6.07, 6.45) is 0.103. The zero-order valence-corrected chi connectivity index (χ0v) is 11.9. The molecule has 0 aliphatic carbocycles. The standard InChI is InChI=1S/C16H17BO5/c18-16-12(8-11-4-2-1-3-5-11)10-21-15-9-13(22-17(19)20)6-7-14(15)16/h1-7,9,12,16,18-20H,8,10H2/t12-,16+/m0/s1. The molecule has 0 fully saturated rings. The van der Waals surface area contributed by atoms with Crippen molar-refractivity contribution < 1.29 is 24.5 Å². The maximum atomic E-state index is 10.5. The molecule has 0 spiro atoms. The maximum Gasteiger partial charge on any atom is 0.707 e. The number of benzene rings is 2. The van der Waals surface area contributed by atoms with Crippen molar-refractivity contribution in [3.63, 3.8) is 0 Å². The molecular formula is C16H17BO5. The largest absolute Gasteiger partial charge is 0.707 e. The van der Waals surface area contributed by atoms with Gasteiger partial charge in [-0.15, -0.1) is 0 Å². The maximum absolute atomic E-state index is 10.5. The molecule has 2 aromatic rings. The van der Waals surface area contributed by atoms with Crippen molar-refractivity contribution in [2.24, 2.45) is 5.92 Å². The van der Waals surface area contributed by atoms with E-state index in [-0.39, 0.29) is 11.7 Å². The molecule has 2 atom stereocenters. The summed E-state index contributed by atoms with van der Waals surface area (Å²) in [4.78, 5) is 0. The van der Waals surface area contributed by atoms with Crippen LogP contribution in [0.1, 0.15) is 17.2 Å². The number of fused-ring (bicyclic) bond motifs is 1. The number of aliphatic hydroxyl groups excluding tert-OH is 1. The lowest BCUT2D eigenvalue weighted by molar-refractivity contribution is 0.0507. The first-order valence-electron chi connectivity index (χ1n) is 7.15. The van der Waals surface area contributed by atoms with E-state index in [9.17, 15) is 5.11 Å². The molecule has 6 heteroatoms. The van der Waals surface area contributed by atoms with Crippen molar-refractivity contribution in [1.29, 1.82) is 0 Å². The van der Waals surface area contributed by atoms with Crippen molar-refractivity contribution in [3.8, 4) is 11.5 Å². The van der Waals surface area contributed by atoms with Crippen molar-refractivity contribution >= 4 is 7.32 Å². The van der Waals surface area contributed by atoms with Crippen LogP contribution >= 0.6 is 0 Å². The molecule has 3 N–H and O–H groups in total. The summed E-state index contributed by atoms with van der Waals surface area (Å²) >= 11 is 0. The fourth-order valence-corrected chi connectivity index (χ4v) is 2.71. The zero-order chi connectivity index (χ0) is 15.5. The Morgan fingerprint density at radius 2 is 1.91 bits per heavy atom. The van der Waals surface area contributed by atoms with Gasteiger partial charge in [-0.05, 0) is 24.1 Å². The Morgan fingerprint density at radius 3 is 2.64 bits per heavy atom. The van der Waals surface area contributed by atoms with Gasteiger partial charge in [0.1, 0.15) is 11.5 Å². The Bertz CT molecular complexity index is 632. The van der Waals surface area contributed by atoms with Gasteiger partial charge < -0.3 is 24.5 Å². The second-order valence-electron chi connectivity index (χ2n) is 5.35. The van der Waals surface area contributed by atoms with E-state index in [0.29, 0.717) is 17.9 Å². The molecule has 0 aromatic heterocycles. The highest BCUT2D eigenvalue weighted by atomic mass is 16.6. The van der Waals surface area contributed by atoms with E-state index >= 15 is 0 Å². The Hall–Kier alpha value is -2.02. The van der Waals surface area contributed by atoms with Crippen molar-refractivity contribution in [2.45, 2.75) is 12.5 Å². The molecule has 0 unspecified atom stereocenters. The molecule has 0 bridgehead atoms. The Kier molecular flexibility index (Phi) is 4.33. The Labute approximate surface area is 128 Å². The lowest BCUT2D eigenvalue weighted by Gasteiger charge is -2.30. The van der Waals surface area contributed by atoms with Gasteiger partial charge in [0, 0.05) is 17.5 Å². The van der Waals surface area contributed by atoms with Crippen molar-refractivity contribution in [2.75, 3.05) is 6.61 Å². The van der Waals surface area contributed by atoms with Crippen molar-refractivity contribution in [1.82, 2.24) is 0 Å². The highest BCUT2D eigenvalue weighted by molar-refractivity contribution is 6.33. The molecule has 22 heavy (non-hydrogen) atoms. The quantitative estimate of drug-likeness (QED) is 0.742. The Balaban J connectivity index is 1.76. The fraction of sp³-hybridized carbons (Fsp3) is 0.250. The van der Waals surface area contributed by atoms with E-state index in [1.165, 1.54) is 0 Å². The summed E-state index contributed by atoms with van der Waals surface area (Å²) in [5.41, 5.74) is 1.84. The first kappa shape index (κ1) is 14.9. The number of ether oxygens (including phenoxy) is 1. The van der Waals surface area contributed by atoms with Gasteiger partial charge in [0.25, 0.3) is 0 Å². The minimum Gasteiger partial charge on any atom is -0.512 e. The average Bonchev–Trinajstić information content (AvgIpc) is 2.50. The summed E-state index contributed by atoms with van der Waals surface area (Å²) in [5, 5.41) is 28.2. The second kappa shape index (κ2) is 6.40. The van der Waals surface area contributed by atoms with Crippen LogP contribution in [0.3, 0.4) is 0 Å². The SMILES string of the molecule is OB(O)Oc1ccc2c(c1)OC[C@H](Cc1ccccc1)[C@H]2O. The third-order valence-electron chi connectivity index (χ3n) is 3.79. The van der Waals surface area contributed by atoms with Gasteiger partial charge in [-0.3, -0.25) is 0 Å². The molecule has 0 saturated heterocycles. The first-order valence-corrected chi connectivity index (χ1v) is 7.15. The highest BCUT2D eigenvalue weighted by Gasteiger charge is 2.30. The molecule has 2 aromatic carbocycles. The smallest absolute Gasteiger partial charge is 0.512 e. The average molecular weight is 300 g/mol. The summed E-state index contributed by atoms with van der Waals surface area (Å²) in [6.45, 7) is 0.397. The molecule has 5 nitrogen and oxygen atoms in total. The van der Waals surface area contributed by atoms with Crippen LogP contribution in [0.4, 0.5) is 0 Å². The molecule has 1 heterocycles. The lowest BCUT2D eigenvalue weighted by atomic mass is 9.88. The first-order chi connectivity index (χ1) is 10.6. The zero-order valence-electron chi connectivity index (χ0n) is 11.9. The topological polar surface area (TPSA) is 79.2 Å². The fourth-order valence-electron chi connectivity index (χ4n) is 2.71. The summed E-state index contributed by atoms with van der Waals surface area (Å²) in [7, 11) is -1.88. The van der Waals surface area contributed by atoms with Crippen LogP contribution in [-0.2, 0) is 6.42 Å². The van der Waals surface area contributed by atoms with E-state index in [1.54, 1.807) is 18.2 Å². The molecule has 0 radical (unpaired) electrons. The number of hydrogen-bond acceptors (Lipinski definition) is 5.